The van der Waals surface area contributed by atoms with Crippen LogP contribution in [0.15, 0.2) is 24.3 Å². The summed E-state index contributed by atoms with van der Waals surface area (Å²) in [5, 5.41) is 8.84. The molecule has 1 aromatic rings. The van der Waals surface area contributed by atoms with Crippen molar-refractivity contribution in [1.29, 1.82) is 5.26 Å². The third-order valence-electron chi connectivity index (χ3n) is 2.59. The molecule has 0 saturated carbocycles. The average molecular weight is 231 g/mol. The molecule has 1 aromatic carbocycles. The molecule has 17 heavy (non-hydrogen) atoms. The van der Waals surface area contributed by atoms with Gasteiger partial charge in [0.2, 0.25) is 0 Å². The second-order valence-corrected chi connectivity index (χ2v) is 4.70. The summed E-state index contributed by atoms with van der Waals surface area (Å²) in [6.45, 7) is 6.90. The van der Waals surface area contributed by atoms with Gasteiger partial charge in [0.1, 0.15) is 11.5 Å². The quantitative estimate of drug-likeness (QED) is 0.751. The van der Waals surface area contributed by atoms with E-state index in [4.69, 9.17) is 10.00 Å². The largest absolute Gasteiger partial charge is 0.457 e. The van der Waals surface area contributed by atoms with Crippen LogP contribution >= 0.6 is 0 Å². The number of esters is 1. The highest BCUT2D eigenvalue weighted by Gasteiger charge is 2.30. The van der Waals surface area contributed by atoms with Crippen LogP contribution in [0.5, 0.6) is 0 Å². The van der Waals surface area contributed by atoms with Crippen LogP contribution in [0.3, 0.4) is 0 Å². The van der Waals surface area contributed by atoms with Crippen molar-refractivity contribution in [1.82, 2.24) is 0 Å². The van der Waals surface area contributed by atoms with E-state index in [1.807, 2.05) is 37.3 Å². The van der Waals surface area contributed by atoms with Gasteiger partial charge in [0.25, 0.3) is 0 Å². The standard InChI is InChI=1S/C14H17NO2/c1-10-6-5-7-12(8-10)11(2)17-13(16)14(3,4)9-15/h5-8,11H,1-4H3. The van der Waals surface area contributed by atoms with Gasteiger partial charge in [-0.15, -0.1) is 0 Å². The minimum Gasteiger partial charge on any atom is -0.457 e. The molecule has 0 radical (unpaired) electrons. The average Bonchev–Trinajstić information content (AvgIpc) is 2.28. The molecule has 0 aliphatic heterocycles. The smallest absolute Gasteiger partial charge is 0.326 e. The van der Waals surface area contributed by atoms with Crippen molar-refractivity contribution in [2.75, 3.05) is 0 Å². The van der Waals surface area contributed by atoms with E-state index in [9.17, 15) is 4.79 Å². The minimum absolute atomic E-state index is 0.338. The molecule has 0 spiro atoms. The molecule has 0 bridgehead atoms. The van der Waals surface area contributed by atoms with E-state index in [0.29, 0.717) is 0 Å². The molecule has 0 heterocycles. The lowest BCUT2D eigenvalue weighted by atomic mass is 9.96. The molecule has 1 rings (SSSR count). The zero-order chi connectivity index (χ0) is 13.1. The Morgan fingerprint density at radius 2 is 2.12 bits per heavy atom. The highest BCUT2D eigenvalue weighted by Crippen LogP contribution is 2.23. The summed E-state index contributed by atoms with van der Waals surface area (Å²) in [6.07, 6.45) is -0.338. The van der Waals surface area contributed by atoms with Crippen LogP contribution in [0.2, 0.25) is 0 Å². The Bertz CT molecular complexity index is 458. The van der Waals surface area contributed by atoms with Crippen LogP contribution in [-0.4, -0.2) is 5.97 Å². The number of benzene rings is 1. The fourth-order valence-electron chi connectivity index (χ4n) is 1.34. The second-order valence-electron chi connectivity index (χ2n) is 4.70. The fourth-order valence-corrected chi connectivity index (χ4v) is 1.34. The van der Waals surface area contributed by atoms with Crippen LogP contribution in [0.1, 0.15) is 38.0 Å². The monoisotopic (exact) mass is 231 g/mol. The lowest BCUT2D eigenvalue weighted by molar-refractivity contribution is -0.156. The summed E-state index contributed by atoms with van der Waals surface area (Å²) in [5.41, 5.74) is 0.954. The Balaban J connectivity index is 2.78. The Hall–Kier alpha value is -1.82. The van der Waals surface area contributed by atoms with Crippen molar-refractivity contribution in [3.63, 3.8) is 0 Å². The molecule has 3 heteroatoms. The third-order valence-corrected chi connectivity index (χ3v) is 2.59. The van der Waals surface area contributed by atoms with E-state index < -0.39 is 11.4 Å². The van der Waals surface area contributed by atoms with Crippen LogP contribution in [-0.2, 0) is 9.53 Å². The SMILES string of the molecule is Cc1cccc(C(C)OC(=O)C(C)(C)C#N)c1. The topological polar surface area (TPSA) is 50.1 Å². The van der Waals surface area contributed by atoms with Gasteiger partial charge in [0, 0.05) is 0 Å². The predicted octanol–water partition coefficient (Wildman–Crippen LogP) is 3.15. The maximum absolute atomic E-state index is 11.7. The molecule has 0 fully saturated rings. The summed E-state index contributed by atoms with van der Waals surface area (Å²) >= 11 is 0. The number of nitrogens with zero attached hydrogens (tertiary/aromatic N) is 1. The number of carbonyl (C=O) groups is 1. The summed E-state index contributed by atoms with van der Waals surface area (Å²) in [7, 11) is 0. The van der Waals surface area contributed by atoms with E-state index >= 15 is 0 Å². The number of carbonyl (C=O) groups excluding carboxylic acids is 1. The van der Waals surface area contributed by atoms with Gasteiger partial charge in [0.15, 0.2) is 0 Å². The lowest BCUT2D eigenvalue weighted by Crippen LogP contribution is -2.25. The zero-order valence-corrected chi connectivity index (χ0v) is 10.7. The first-order valence-corrected chi connectivity index (χ1v) is 5.55. The number of rotatable bonds is 3. The molecular formula is C14H17NO2. The van der Waals surface area contributed by atoms with E-state index in [1.165, 1.54) is 0 Å². The van der Waals surface area contributed by atoms with Crippen molar-refractivity contribution in [2.24, 2.45) is 5.41 Å². The van der Waals surface area contributed by atoms with Crippen LogP contribution in [0.25, 0.3) is 0 Å². The summed E-state index contributed by atoms with van der Waals surface area (Å²) in [5.74, 6) is -0.492. The summed E-state index contributed by atoms with van der Waals surface area (Å²) in [4.78, 5) is 11.7. The van der Waals surface area contributed by atoms with Gasteiger partial charge in [-0.2, -0.15) is 5.26 Å². The summed E-state index contributed by atoms with van der Waals surface area (Å²) < 4.78 is 5.29. The molecule has 0 N–H and O–H groups in total. The van der Waals surface area contributed by atoms with E-state index in [1.54, 1.807) is 20.8 Å². The molecule has 0 saturated heterocycles. The van der Waals surface area contributed by atoms with Crippen LogP contribution in [0.4, 0.5) is 0 Å². The van der Waals surface area contributed by atoms with Gasteiger partial charge in [-0.05, 0) is 33.3 Å². The fraction of sp³-hybridized carbons (Fsp3) is 0.429. The van der Waals surface area contributed by atoms with Gasteiger partial charge in [-0.1, -0.05) is 29.8 Å². The molecule has 1 atom stereocenters. The molecule has 0 aromatic heterocycles. The maximum atomic E-state index is 11.7. The number of hydrogen-bond donors (Lipinski definition) is 0. The Kier molecular flexibility index (Phi) is 3.90. The van der Waals surface area contributed by atoms with E-state index in [0.717, 1.165) is 11.1 Å². The lowest BCUT2D eigenvalue weighted by Gasteiger charge is -2.19. The highest BCUT2D eigenvalue weighted by atomic mass is 16.5. The van der Waals surface area contributed by atoms with Crippen LogP contribution < -0.4 is 0 Å². The van der Waals surface area contributed by atoms with Crippen molar-refractivity contribution in [2.45, 2.75) is 33.8 Å². The minimum atomic E-state index is -1.10. The van der Waals surface area contributed by atoms with Crippen molar-refractivity contribution in [3.05, 3.63) is 35.4 Å². The zero-order valence-electron chi connectivity index (χ0n) is 10.7. The maximum Gasteiger partial charge on any atom is 0.326 e. The van der Waals surface area contributed by atoms with Gasteiger partial charge in [-0.25, -0.2) is 0 Å². The molecule has 0 aliphatic rings. The molecule has 0 aliphatic carbocycles. The number of aryl methyl sites for hydroxylation is 1. The molecule has 1 unspecified atom stereocenters. The van der Waals surface area contributed by atoms with Gasteiger partial charge in [0.05, 0.1) is 6.07 Å². The second kappa shape index (κ2) is 5.01. The summed E-state index contributed by atoms with van der Waals surface area (Å²) in [6, 6.07) is 9.72. The number of hydrogen-bond acceptors (Lipinski definition) is 3. The van der Waals surface area contributed by atoms with E-state index in [-0.39, 0.29) is 6.10 Å². The van der Waals surface area contributed by atoms with Crippen LogP contribution in [0, 0.1) is 23.7 Å². The van der Waals surface area contributed by atoms with E-state index in [2.05, 4.69) is 0 Å². The normalized spacial score (nSPS) is 12.6. The first-order valence-electron chi connectivity index (χ1n) is 5.55. The Morgan fingerprint density at radius 3 is 2.65 bits per heavy atom. The molecule has 0 amide bonds. The van der Waals surface area contributed by atoms with Gasteiger partial charge >= 0.3 is 5.97 Å². The number of ether oxygens (including phenoxy) is 1. The highest BCUT2D eigenvalue weighted by molar-refractivity contribution is 5.79. The van der Waals surface area contributed by atoms with Crippen molar-refractivity contribution in [3.8, 4) is 6.07 Å². The molecule has 90 valence electrons. The van der Waals surface area contributed by atoms with Crippen molar-refractivity contribution < 1.29 is 9.53 Å². The Labute approximate surface area is 102 Å². The molecule has 3 nitrogen and oxygen atoms in total. The third kappa shape index (κ3) is 3.32. The first-order chi connectivity index (χ1) is 7.86. The van der Waals surface area contributed by atoms with Gasteiger partial charge in [-0.3, -0.25) is 4.79 Å². The van der Waals surface area contributed by atoms with Crippen molar-refractivity contribution >= 4 is 5.97 Å². The molecular weight excluding hydrogens is 214 g/mol. The first kappa shape index (κ1) is 13.2. The van der Waals surface area contributed by atoms with Gasteiger partial charge < -0.3 is 4.74 Å². The number of nitriles is 1. The predicted molar refractivity (Wildman–Crippen MR) is 65.1 cm³/mol. The Morgan fingerprint density at radius 1 is 1.47 bits per heavy atom.